The van der Waals surface area contributed by atoms with Gasteiger partial charge in [0.15, 0.2) is 11.5 Å². The molecule has 0 aliphatic carbocycles. The molecule has 0 bridgehead atoms. The first-order valence-electron chi connectivity index (χ1n) is 13.2. The lowest BCUT2D eigenvalue weighted by molar-refractivity contribution is 0.184. The van der Waals surface area contributed by atoms with E-state index in [0.717, 1.165) is 35.5 Å². The molecule has 2 amide bonds. The predicted molar refractivity (Wildman–Crippen MR) is 147 cm³/mol. The molecular weight excluding hydrogens is 466 g/mol. The van der Waals surface area contributed by atoms with E-state index >= 15 is 0 Å². The zero-order valence-electron chi connectivity index (χ0n) is 22.7. The van der Waals surface area contributed by atoms with E-state index in [1.165, 1.54) is 38.0 Å². The molecular formula is C29H39N5O3. The predicted octanol–water partition coefficient (Wildman–Crippen LogP) is 3.96. The van der Waals surface area contributed by atoms with Crippen molar-refractivity contribution in [3.05, 3.63) is 53.1 Å². The lowest BCUT2D eigenvalue weighted by atomic mass is 9.77. The average Bonchev–Trinajstić information content (AvgIpc) is 3.21. The van der Waals surface area contributed by atoms with Crippen LogP contribution in [0.15, 0.2) is 41.5 Å². The highest BCUT2D eigenvalue weighted by Crippen LogP contribution is 2.41. The zero-order chi connectivity index (χ0) is 26.2. The van der Waals surface area contributed by atoms with Gasteiger partial charge in [-0.25, -0.2) is 9.80 Å². The van der Waals surface area contributed by atoms with Gasteiger partial charge < -0.3 is 24.6 Å². The molecule has 2 aromatic rings. The second-order valence-electron chi connectivity index (χ2n) is 10.8. The Morgan fingerprint density at radius 2 is 1.68 bits per heavy atom. The third-order valence-electron chi connectivity index (χ3n) is 8.39. The van der Waals surface area contributed by atoms with Gasteiger partial charge in [-0.1, -0.05) is 12.1 Å². The maximum atomic E-state index is 12.7. The van der Waals surface area contributed by atoms with Gasteiger partial charge in [-0.15, -0.1) is 0 Å². The summed E-state index contributed by atoms with van der Waals surface area (Å²) in [7, 11) is 7.15. The summed E-state index contributed by atoms with van der Waals surface area (Å²) in [6.45, 7) is 6.65. The first-order chi connectivity index (χ1) is 17.9. The number of carbonyl (C=O) groups excluding carboxylic acids is 1. The number of piperidine rings is 1. The standard InChI is InChI=1S/C29H39N5O3/c1-20-16-22-17-25(36-4)26(37-5)18-24(22)27(31-34(20)28(35)30-2)21-6-8-23(9-7-21)33-14-11-29(12-15-33)10-13-32(3)19-29/h6-9,17-18,20H,10-16,19H2,1-5H3,(H,30,35). The third kappa shape index (κ3) is 4.87. The minimum atomic E-state index is -0.229. The highest BCUT2D eigenvalue weighted by molar-refractivity contribution is 6.14. The van der Waals surface area contributed by atoms with Crippen LogP contribution >= 0.6 is 0 Å². The fourth-order valence-electron chi connectivity index (χ4n) is 6.18. The fourth-order valence-corrected chi connectivity index (χ4v) is 6.18. The van der Waals surface area contributed by atoms with Crippen molar-refractivity contribution in [2.24, 2.45) is 10.5 Å². The van der Waals surface area contributed by atoms with Crippen molar-refractivity contribution in [2.75, 3.05) is 59.4 Å². The molecule has 198 valence electrons. The van der Waals surface area contributed by atoms with Gasteiger partial charge in [0.1, 0.15) is 0 Å². The Bertz CT molecular complexity index is 1170. The molecule has 0 radical (unpaired) electrons. The summed E-state index contributed by atoms with van der Waals surface area (Å²) in [6.07, 6.45) is 4.47. The number of methoxy groups -OCH3 is 2. The molecule has 3 aliphatic rings. The number of urea groups is 1. The number of amides is 2. The Kier molecular flexibility index (Phi) is 7.03. The molecule has 1 spiro atoms. The first kappa shape index (κ1) is 25.4. The number of ether oxygens (including phenoxy) is 2. The normalized spacial score (nSPS) is 21.3. The van der Waals surface area contributed by atoms with Crippen molar-refractivity contribution >= 4 is 17.4 Å². The molecule has 8 nitrogen and oxygen atoms in total. The quantitative estimate of drug-likeness (QED) is 0.681. The number of hydrogen-bond acceptors (Lipinski definition) is 6. The van der Waals surface area contributed by atoms with Crippen LogP contribution in [0.25, 0.3) is 0 Å². The summed E-state index contributed by atoms with van der Waals surface area (Å²) in [6, 6.07) is 12.3. The van der Waals surface area contributed by atoms with E-state index in [-0.39, 0.29) is 12.1 Å². The van der Waals surface area contributed by atoms with Crippen LogP contribution < -0.4 is 19.7 Å². The summed E-state index contributed by atoms with van der Waals surface area (Å²) in [5, 5.41) is 9.17. The summed E-state index contributed by atoms with van der Waals surface area (Å²) >= 11 is 0. The second-order valence-corrected chi connectivity index (χ2v) is 10.8. The SMILES string of the molecule is CNC(=O)N1N=C(c2ccc(N3CCC4(CCN(C)C4)CC3)cc2)c2cc(OC)c(OC)cc2CC1C. The number of rotatable bonds is 4. The van der Waals surface area contributed by atoms with E-state index in [4.69, 9.17) is 14.6 Å². The Hall–Kier alpha value is -3.26. The molecule has 1 N–H and O–H groups in total. The highest BCUT2D eigenvalue weighted by Gasteiger charge is 2.39. The monoisotopic (exact) mass is 505 g/mol. The van der Waals surface area contributed by atoms with Crippen LogP contribution in [0.3, 0.4) is 0 Å². The maximum Gasteiger partial charge on any atom is 0.337 e. The largest absolute Gasteiger partial charge is 0.493 e. The van der Waals surface area contributed by atoms with Crippen LogP contribution in [0, 0.1) is 5.41 Å². The van der Waals surface area contributed by atoms with Gasteiger partial charge in [0.05, 0.1) is 26.0 Å². The maximum absolute atomic E-state index is 12.7. The van der Waals surface area contributed by atoms with Gasteiger partial charge in [-0.2, -0.15) is 5.10 Å². The van der Waals surface area contributed by atoms with Crippen molar-refractivity contribution in [2.45, 2.75) is 38.6 Å². The minimum absolute atomic E-state index is 0.121. The molecule has 5 rings (SSSR count). The van der Waals surface area contributed by atoms with E-state index < -0.39 is 0 Å². The third-order valence-corrected chi connectivity index (χ3v) is 8.39. The molecule has 2 aromatic carbocycles. The number of benzene rings is 2. The molecule has 0 aromatic heterocycles. The Morgan fingerprint density at radius 1 is 1.03 bits per heavy atom. The number of anilines is 1. The summed E-state index contributed by atoms with van der Waals surface area (Å²) in [5.41, 5.74) is 5.48. The molecule has 2 saturated heterocycles. The Labute approximate surface area is 220 Å². The first-order valence-corrected chi connectivity index (χ1v) is 13.2. The summed E-state index contributed by atoms with van der Waals surface area (Å²) in [5.74, 6) is 1.32. The van der Waals surface area contributed by atoms with Crippen LogP contribution in [0.5, 0.6) is 11.5 Å². The number of fused-ring (bicyclic) bond motifs is 1. The van der Waals surface area contributed by atoms with Gasteiger partial charge in [0.2, 0.25) is 0 Å². The zero-order valence-corrected chi connectivity index (χ0v) is 22.7. The van der Waals surface area contributed by atoms with Crippen LogP contribution in [0.4, 0.5) is 10.5 Å². The lowest BCUT2D eigenvalue weighted by Crippen LogP contribution is -2.41. The topological polar surface area (TPSA) is 69.6 Å². The molecule has 2 fully saturated rings. The lowest BCUT2D eigenvalue weighted by Gasteiger charge is -2.40. The number of likely N-dealkylation sites (tertiary alicyclic amines) is 1. The molecule has 1 atom stereocenters. The van der Waals surface area contributed by atoms with Gasteiger partial charge >= 0.3 is 6.03 Å². The number of nitrogens with zero attached hydrogens (tertiary/aromatic N) is 4. The molecule has 3 aliphatic heterocycles. The van der Waals surface area contributed by atoms with Gasteiger partial charge in [0.25, 0.3) is 0 Å². The van der Waals surface area contributed by atoms with Gasteiger partial charge in [-0.3, -0.25) is 0 Å². The van der Waals surface area contributed by atoms with E-state index in [1.54, 1.807) is 26.3 Å². The van der Waals surface area contributed by atoms with E-state index in [0.29, 0.717) is 23.3 Å². The van der Waals surface area contributed by atoms with Crippen molar-refractivity contribution in [3.8, 4) is 11.5 Å². The van der Waals surface area contributed by atoms with Crippen molar-refractivity contribution < 1.29 is 14.3 Å². The van der Waals surface area contributed by atoms with Crippen molar-refractivity contribution in [1.82, 2.24) is 15.2 Å². The van der Waals surface area contributed by atoms with E-state index in [1.807, 2.05) is 19.1 Å². The van der Waals surface area contributed by atoms with Crippen LogP contribution in [0.1, 0.15) is 42.9 Å². The van der Waals surface area contributed by atoms with Gasteiger partial charge in [0, 0.05) is 43.5 Å². The van der Waals surface area contributed by atoms with Crippen LogP contribution in [-0.2, 0) is 6.42 Å². The number of hydrogen-bond donors (Lipinski definition) is 1. The number of nitrogens with one attached hydrogen (secondary N) is 1. The highest BCUT2D eigenvalue weighted by atomic mass is 16.5. The Balaban J connectivity index is 1.46. The molecule has 37 heavy (non-hydrogen) atoms. The molecule has 3 heterocycles. The molecule has 0 saturated carbocycles. The van der Waals surface area contributed by atoms with E-state index in [2.05, 4.69) is 46.4 Å². The van der Waals surface area contributed by atoms with Crippen molar-refractivity contribution in [3.63, 3.8) is 0 Å². The Morgan fingerprint density at radius 3 is 2.27 bits per heavy atom. The molecule has 8 heteroatoms. The average molecular weight is 506 g/mol. The smallest absolute Gasteiger partial charge is 0.337 e. The second kappa shape index (κ2) is 10.2. The summed E-state index contributed by atoms with van der Waals surface area (Å²) in [4.78, 5) is 17.7. The number of hydrazone groups is 1. The number of carbonyl (C=O) groups is 1. The fraction of sp³-hybridized carbons (Fsp3) is 0.517. The van der Waals surface area contributed by atoms with Crippen LogP contribution in [0.2, 0.25) is 0 Å². The molecule has 1 unspecified atom stereocenters. The minimum Gasteiger partial charge on any atom is -0.493 e. The van der Waals surface area contributed by atoms with Crippen LogP contribution in [-0.4, -0.2) is 82.2 Å². The van der Waals surface area contributed by atoms with E-state index in [9.17, 15) is 4.79 Å². The van der Waals surface area contributed by atoms with Gasteiger partial charge in [-0.05, 0) is 81.4 Å². The summed E-state index contributed by atoms with van der Waals surface area (Å²) < 4.78 is 11.2. The van der Waals surface area contributed by atoms with Crippen molar-refractivity contribution in [1.29, 1.82) is 0 Å².